The first-order valence-electron chi connectivity index (χ1n) is 6.82. The highest BCUT2D eigenvalue weighted by Crippen LogP contribution is 2.25. The van der Waals surface area contributed by atoms with Crippen LogP contribution in [0.3, 0.4) is 0 Å². The van der Waals surface area contributed by atoms with Gasteiger partial charge in [-0.3, -0.25) is 9.48 Å². The Hall–Kier alpha value is -1.34. The summed E-state index contributed by atoms with van der Waals surface area (Å²) in [5.41, 5.74) is 7.82. The predicted octanol–water partition coefficient (Wildman–Crippen LogP) is 3.05. The van der Waals surface area contributed by atoms with Crippen LogP contribution in [-0.4, -0.2) is 27.1 Å². The van der Waals surface area contributed by atoms with Crippen molar-refractivity contribution >= 4 is 38.9 Å². The molecule has 0 radical (unpaired) electrons. The van der Waals surface area contributed by atoms with Crippen molar-refractivity contribution in [1.29, 1.82) is 0 Å². The number of aromatic nitrogens is 2. The number of amides is 1. The number of halogens is 1. The summed E-state index contributed by atoms with van der Waals surface area (Å²) in [7, 11) is 1.76. The number of hydrogen-bond donors (Lipinski definition) is 1. The van der Waals surface area contributed by atoms with E-state index in [2.05, 4.69) is 21.0 Å². The summed E-state index contributed by atoms with van der Waals surface area (Å²) in [6.07, 6.45) is 0.719. The van der Waals surface area contributed by atoms with Crippen molar-refractivity contribution in [2.45, 2.75) is 26.8 Å². The Bertz CT molecular complexity index is 649. The largest absolute Gasteiger partial charge is 0.395 e. The molecule has 2 aromatic heterocycles. The maximum absolute atomic E-state index is 12.7. The van der Waals surface area contributed by atoms with Gasteiger partial charge in [0, 0.05) is 18.5 Å². The average Bonchev–Trinajstić information content (AvgIpc) is 2.98. The Morgan fingerprint density at radius 3 is 2.67 bits per heavy atom. The Balaban J connectivity index is 2.26. The first-order chi connectivity index (χ1) is 9.97. The lowest BCUT2D eigenvalue weighted by molar-refractivity contribution is 0.0744. The van der Waals surface area contributed by atoms with E-state index in [4.69, 9.17) is 5.73 Å². The molecule has 2 N–H and O–H groups in total. The number of carbonyl (C=O) groups is 1. The highest BCUT2D eigenvalue weighted by molar-refractivity contribution is 9.11. The number of hydrogen-bond acceptors (Lipinski definition) is 4. The Morgan fingerprint density at radius 2 is 2.19 bits per heavy atom. The molecule has 1 amide bonds. The van der Waals surface area contributed by atoms with Gasteiger partial charge in [0.15, 0.2) is 0 Å². The van der Waals surface area contributed by atoms with Gasteiger partial charge in [-0.1, -0.05) is 6.92 Å². The molecule has 2 rings (SSSR count). The van der Waals surface area contributed by atoms with Crippen molar-refractivity contribution in [3.63, 3.8) is 0 Å². The monoisotopic (exact) mass is 370 g/mol. The zero-order valence-corrected chi connectivity index (χ0v) is 14.8. The number of nitrogen functional groups attached to an aromatic ring is 1. The number of rotatable bonds is 5. The number of thiophene rings is 1. The smallest absolute Gasteiger partial charge is 0.274 e. The van der Waals surface area contributed by atoms with Crippen LogP contribution >= 0.6 is 27.3 Å². The van der Waals surface area contributed by atoms with Crippen molar-refractivity contribution in [2.75, 3.05) is 12.3 Å². The van der Waals surface area contributed by atoms with E-state index in [0.29, 0.717) is 24.5 Å². The van der Waals surface area contributed by atoms with E-state index in [-0.39, 0.29) is 5.91 Å². The number of carbonyl (C=O) groups excluding carboxylic acids is 1. The van der Waals surface area contributed by atoms with E-state index in [9.17, 15) is 4.79 Å². The third kappa shape index (κ3) is 3.29. The molecule has 0 saturated carbocycles. The third-order valence-corrected chi connectivity index (χ3v) is 4.95. The van der Waals surface area contributed by atoms with Crippen LogP contribution in [0.25, 0.3) is 0 Å². The molecule has 2 aromatic rings. The van der Waals surface area contributed by atoms with Crippen LogP contribution in [0, 0.1) is 0 Å². The first kappa shape index (κ1) is 16.0. The molecule has 0 aliphatic carbocycles. The molecular formula is C14H19BrN4OS. The number of nitrogens with zero attached hydrogens (tertiary/aromatic N) is 3. The van der Waals surface area contributed by atoms with Crippen molar-refractivity contribution < 1.29 is 4.79 Å². The fourth-order valence-corrected chi connectivity index (χ4v) is 3.71. The van der Waals surface area contributed by atoms with Gasteiger partial charge in [-0.2, -0.15) is 5.10 Å². The quantitative estimate of drug-likeness (QED) is 0.879. The summed E-state index contributed by atoms with van der Waals surface area (Å²) < 4.78 is 2.65. The van der Waals surface area contributed by atoms with Crippen LogP contribution in [-0.2, 0) is 20.0 Å². The van der Waals surface area contributed by atoms with Crippen molar-refractivity contribution in [3.05, 3.63) is 32.2 Å². The van der Waals surface area contributed by atoms with Gasteiger partial charge in [-0.25, -0.2) is 0 Å². The highest BCUT2D eigenvalue weighted by Gasteiger charge is 2.23. The standard InChI is InChI=1S/C14H19BrN4OS/c1-4-10-12(16)13(18(3)17-10)14(20)19(5-2)8-9-6-7-11(15)21-9/h6-7H,4-5,8,16H2,1-3H3. The van der Waals surface area contributed by atoms with Crippen LogP contribution in [0.15, 0.2) is 15.9 Å². The van der Waals surface area contributed by atoms with Crippen molar-refractivity contribution in [3.8, 4) is 0 Å². The van der Waals surface area contributed by atoms with E-state index >= 15 is 0 Å². The van der Waals surface area contributed by atoms with Gasteiger partial charge < -0.3 is 10.6 Å². The zero-order valence-electron chi connectivity index (χ0n) is 12.4. The molecule has 5 nitrogen and oxygen atoms in total. The molecule has 0 spiro atoms. The SMILES string of the molecule is CCc1nn(C)c(C(=O)N(CC)Cc2ccc(Br)s2)c1N. The van der Waals surface area contributed by atoms with Crippen molar-refractivity contribution in [1.82, 2.24) is 14.7 Å². The fourth-order valence-electron chi connectivity index (χ4n) is 2.21. The van der Waals surface area contributed by atoms with Crippen LogP contribution < -0.4 is 5.73 Å². The Labute approximate surface area is 136 Å². The Morgan fingerprint density at radius 1 is 1.48 bits per heavy atom. The number of aryl methyl sites for hydroxylation is 2. The second kappa shape index (κ2) is 6.62. The van der Waals surface area contributed by atoms with Gasteiger partial charge in [0.05, 0.1) is 21.7 Å². The van der Waals surface area contributed by atoms with Gasteiger partial charge in [-0.05, 0) is 41.4 Å². The summed E-state index contributed by atoms with van der Waals surface area (Å²) in [5.74, 6) is -0.0748. The second-order valence-electron chi connectivity index (χ2n) is 4.71. The molecule has 0 unspecified atom stereocenters. The lowest BCUT2D eigenvalue weighted by Crippen LogP contribution is -2.32. The number of nitrogens with two attached hydrogens (primary N) is 1. The minimum absolute atomic E-state index is 0.0748. The Kier molecular flexibility index (Phi) is 5.05. The molecule has 0 aromatic carbocycles. The molecule has 0 fully saturated rings. The lowest BCUT2D eigenvalue weighted by Gasteiger charge is -2.20. The van der Waals surface area contributed by atoms with E-state index < -0.39 is 0 Å². The molecule has 0 aliphatic heterocycles. The topological polar surface area (TPSA) is 64.2 Å². The maximum atomic E-state index is 12.7. The summed E-state index contributed by atoms with van der Waals surface area (Å²) in [6, 6.07) is 4.01. The normalized spacial score (nSPS) is 10.9. The minimum atomic E-state index is -0.0748. The predicted molar refractivity (Wildman–Crippen MR) is 89.4 cm³/mol. The first-order valence-corrected chi connectivity index (χ1v) is 8.43. The van der Waals surface area contributed by atoms with E-state index in [1.165, 1.54) is 0 Å². The minimum Gasteiger partial charge on any atom is -0.395 e. The molecule has 2 heterocycles. The van der Waals surface area contributed by atoms with Crippen molar-refractivity contribution in [2.24, 2.45) is 7.05 Å². The summed E-state index contributed by atoms with van der Waals surface area (Å²) in [5, 5.41) is 4.32. The molecule has 21 heavy (non-hydrogen) atoms. The zero-order chi connectivity index (χ0) is 15.6. The van der Waals surface area contributed by atoms with E-state index in [1.54, 1.807) is 28.0 Å². The maximum Gasteiger partial charge on any atom is 0.274 e. The van der Waals surface area contributed by atoms with Crippen LogP contribution in [0.2, 0.25) is 0 Å². The van der Waals surface area contributed by atoms with E-state index in [1.807, 2.05) is 26.0 Å². The third-order valence-electron chi connectivity index (χ3n) is 3.34. The van der Waals surface area contributed by atoms with Gasteiger partial charge in [0.1, 0.15) is 5.69 Å². The van der Waals surface area contributed by atoms with Crippen LogP contribution in [0.1, 0.15) is 34.9 Å². The van der Waals surface area contributed by atoms with Gasteiger partial charge in [-0.15, -0.1) is 11.3 Å². The molecule has 0 bridgehead atoms. The molecule has 0 saturated heterocycles. The highest BCUT2D eigenvalue weighted by atomic mass is 79.9. The number of anilines is 1. The molecule has 0 aliphatic rings. The van der Waals surface area contributed by atoms with Crippen LogP contribution in [0.5, 0.6) is 0 Å². The molecule has 114 valence electrons. The van der Waals surface area contributed by atoms with Gasteiger partial charge in [0.25, 0.3) is 5.91 Å². The van der Waals surface area contributed by atoms with Gasteiger partial charge >= 0.3 is 0 Å². The molecule has 0 atom stereocenters. The second-order valence-corrected chi connectivity index (χ2v) is 7.26. The van der Waals surface area contributed by atoms with E-state index in [0.717, 1.165) is 20.8 Å². The fraction of sp³-hybridized carbons (Fsp3) is 0.429. The summed E-state index contributed by atoms with van der Waals surface area (Å²) >= 11 is 5.07. The average molecular weight is 371 g/mol. The summed E-state index contributed by atoms with van der Waals surface area (Å²) in [6.45, 7) is 5.15. The molecular weight excluding hydrogens is 352 g/mol. The summed E-state index contributed by atoms with van der Waals surface area (Å²) in [4.78, 5) is 15.7. The lowest BCUT2D eigenvalue weighted by atomic mass is 10.2. The molecule has 7 heteroatoms. The van der Waals surface area contributed by atoms with Gasteiger partial charge in [0.2, 0.25) is 0 Å². The van der Waals surface area contributed by atoms with Crippen LogP contribution in [0.4, 0.5) is 5.69 Å².